The molecule has 5 nitrogen and oxygen atoms in total. The van der Waals surface area contributed by atoms with E-state index < -0.39 is 0 Å². The minimum atomic E-state index is -0.142. The first-order valence-electron chi connectivity index (χ1n) is 8.38. The van der Waals surface area contributed by atoms with Gasteiger partial charge in [0.2, 0.25) is 11.8 Å². The Balaban J connectivity index is 1.92. The van der Waals surface area contributed by atoms with Gasteiger partial charge in [-0.25, -0.2) is 0 Å². The first-order valence-corrected chi connectivity index (χ1v) is 8.38. The maximum absolute atomic E-state index is 12.4. The second kappa shape index (κ2) is 8.11. The number of likely N-dealkylation sites (N-methyl/N-ethyl adjacent to an activating group) is 1. The van der Waals surface area contributed by atoms with Crippen molar-refractivity contribution in [2.45, 2.75) is 46.1 Å². The number of carbonyl (C=O) groups is 2. The first-order chi connectivity index (χ1) is 11.0. The van der Waals surface area contributed by atoms with Gasteiger partial charge >= 0.3 is 0 Å². The monoisotopic (exact) mass is 317 g/mol. The van der Waals surface area contributed by atoms with E-state index in [0.29, 0.717) is 13.0 Å². The predicted octanol–water partition coefficient (Wildman–Crippen LogP) is 2.23. The van der Waals surface area contributed by atoms with Gasteiger partial charge in [0.25, 0.3) is 0 Å². The van der Waals surface area contributed by atoms with Crippen LogP contribution >= 0.6 is 0 Å². The van der Waals surface area contributed by atoms with E-state index in [1.165, 1.54) is 0 Å². The average molecular weight is 317 g/mol. The van der Waals surface area contributed by atoms with E-state index in [1.54, 1.807) is 4.90 Å². The Morgan fingerprint density at radius 1 is 1.30 bits per heavy atom. The molecule has 0 spiro atoms. The average Bonchev–Trinajstić information content (AvgIpc) is 3.01. The molecule has 2 N–H and O–H groups in total. The number of hydrogen-bond acceptors (Lipinski definition) is 3. The highest BCUT2D eigenvalue weighted by Gasteiger charge is 2.22. The fraction of sp³-hybridized carbons (Fsp3) is 0.556. The molecule has 2 amide bonds. The highest BCUT2D eigenvalue weighted by atomic mass is 16.2. The zero-order valence-corrected chi connectivity index (χ0v) is 14.3. The van der Waals surface area contributed by atoms with Crippen molar-refractivity contribution in [3.8, 4) is 0 Å². The number of rotatable bonds is 6. The lowest BCUT2D eigenvalue weighted by Crippen LogP contribution is -2.40. The Morgan fingerprint density at radius 3 is 2.57 bits per heavy atom. The van der Waals surface area contributed by atoms with Crippen molar-refractivity contribution < 1.29 is 9.59 Å². The van der Waals surface area contributed by atoms with Crippen LogP contribution in [0.3, 0.4) is 0 Å². The lowest BCUT2D eigenvalue weighted by atomic mass is 10.1. The van der Waals surface area contributed by atoms with Crippen molar-refractivity contribution in [1.29, 1.82) is 0 Å². The summed E-state index contributed by atoms with van der Waals surface area (Å²) in [6.07, 6.45) is 2.64. The molecule has 0 aromatic heterocycles. The topological polar surface area (TPSA) is 61.4 Å². The predicted molar refractivity (Wildman–Crippen MR) is 92.4 cm³/mol. The highest BCUT2D eigenvalue weighted by Crippen LogP contribution is 2.19. The number of carbonyl (C=O) groups excluding carboxylic acids is 2. The number of para-hydroxylation sites is 1. The molecule has 1 aromatic rings. The van der Waals surface area contributed by atoms with E-state index in [2.05, 4.69) is 10.6 Å². The molecule has 0 radical (unpaired) electrons. The molecule has 1 aromatic carbocycles. The maximum atomic E-state index is 12.4. The second-order valence-corrected chi connectivity index (χ2v) is 6.22. The molecule has 1 unspecified atom stereocenters. The smallest absolute Gasteiger partial charge is 0.244 e. The quantitative estimate of drug-likeness (QED) is 0.846. The summed E-state index contributed by atoms with van der Waals surface area (Å²) in [6.45, 7) is 7.49. The van der Waals surface area contributed by atoms with Crippen molar-refractivity contribution in [2.24, 2.45) is 0 Å². The van der Waals surface area contributed by atoms with Crippen molar-refractivity contribution in [3.05, 3.63) is 29.3 Å². The van der Waals surface area contributed by atoms with Crippen molar-refractivity contribution in [2.75, 3.05) is 25.0 Å². The molecular weight excluding hydrogens is 290 g/mol. The van der Waals surface area contributed by atoms with Crippen LogP contribution < -0.4 is 10.6 Å². The Labute approximate surface area is 138 Å². The highest BCUT2D eigenvalue weighted by molar-refractivity contribution is 5.95. The van der Waals surface area contributed by atoms with Gasteiger partial charge in [-0.3, -0.25) is 9.59 Å². The Kier molecular flexibility index (Phi) is 6.16. The van der Waals surface area contributed by atoms with Crippen LogP contribution in [0.15, 0.2) is 18.2 Å². The number of nitrogens with zero attached hydrogens (tertiary/aromatic N) is 1. The second-order valence-electron chi connectivity index (χ2n) is 6.22. The van der Waals surface area contributed by atoms with Gasteiger partial charge in [0.05, 0.1) is 6.54 Å². The van der Waals surface area contributed by atoms with E-state index in [9.17, 15) is 9.59 Å². The van der Waals surface area contributed by atoms with Crippen LogP contribution in [0, 0.1) is 13.8 Å². The fourth-order valence-corrected chi connectivity index (χ4v) is 3.01. The normalized spacial score (nSPS) is 17.1. The molecule has 1 heterocycles. The Bertz CT molecular complexity index is 545. The van der Waals surface area contributed by atoms with Gasteiger partial charge in [-0.05, 0) is 51.3 Å². The van der Waals surface area contributed by atoms with Crippen LogP contribution in [0.25, 0.3) is 0 Å². The van der Waals surface area contributed by atoms with Gasteiger partial charge in [0, 0.05) is 24.7 Å². The SMILES string of the molecule is CCN(CC(=O)Nc1c(C)cccc1C)C(=O)CC1CCCN1. The Hall–Kier alpha value is -1.88. The lowest BCUT2D eigenvalue weighted by Gasteiger charge is -2.22. The third kappa shape index (κ3) is 4.79. The molecule has 1 aliphatic rings. The van der Waals surface area contributed by atoms with Gasteiger partial charge in [0.1, 0.15) is 0 Å². The van der Waals surface area contributed by atoms with E-state index >= 15 is 0 Å². The molecular formula is C18H27N3O2. The Morgan fingerprint density at radius 2 is 2.00 bits per heavy atom. The van der Waals surface area contributed by atoms with E-state index in [-0.39, 0.29) is 24.4 Å². The molecule has 1 fully saturated rings. The molecule has 1 atom stereocenters. The largest absolute Gasteiger partial charge is 0.334 e. The van der Waals surface area contributed by atoms with Gasteiger partial charge in [0.15, 0.2) is 0 Å². The summed E-state index contributed by atoms with van der Waals surface area (Å²) in [4.78, 5) is 26.3. The minimum Gasteiger partial charge on any atom is -0.334 e. The number of anilines is 1. The van der Waals surface area contributed by atoms with Gasteiger partial charge in [-0.15, -0.1) is 0 Å². The number of aryl methyl sites for hydroxylation is 2. The first kappa shape index (κ1) is 17.5. The molecule has 1 aliphatic heterocycles. The molecule has 126 valence electrons. The lowest BCUT2D eigenvalue weighted by molar-refractivity contribution is -0.134. The van der Waals surface area contributed by atoms with Gasteiger partial charge in [-0.1, -0.05) is 18.2 Å². The minimum absolute atomic E-state index is 0.0450. The molecule has 0 bridgehead atoms. The molecule has 0 saturated carbocycles. The van der Waals surface area contributed by atoms with Gasteiger partial charge < -0.3 is 15.5 Å². The summed E-state index contributed by atoms with van der Waals surface area (Å²) >= 11 is 0. The molecule has 0 aliphatic carbocycles. The van der Waals surface area contributed by atoms with Crippen LogP contribution in [0.5, 0.6) is 0 Å². The van der Waals surface area contributed by atoms with Crippen molar-refractivity contribution in [3.63, 3.8) is 0 Å². The fourth-order valence-electron chi connectivity index (χ4n) is 3.01. The van der Waals surface area contributed by atoms with E-state index in [1.807, 2.05) is 39.0 Å². The third-order valence-corrected chi connectivity index (χ3v) is 4.40. The maximum Gasteiger partial charge on any atom is 0.244 e. The number of nitrogens with one attached hydrogen (secondary N) is 2. The van der Waals surface area contributed by atoms with Crippen molar-refractivity contribution in [1.82, 2.24) is 10.2 Å². The molecule has 23 heavy (non-hydrogen) atoms. The van der Waals surface area contributed by atoms with Crippen molar-refractivity contribution >= 4 is 17.5 Å². The van der Waals surface area contributed by atoms with Crippen LogP contribution in [-0.4, -0.2) is 42.4 Å². The summed E-state index contributed by atoms with van der Waals surface area (Å²) in [6, 6.07) is 6.17. The zero-order chi connectivity index (χ0) is 16.8. The summed E-state index contributed by atoms with van der Waals surface area (Å²) in [5.74, 6) is -0.0967. The molecule has 5 heteroatoms. The number of hydrogen-bond donors (Lipinski definition) is 2. The number of benzene rings is 1. The number of amides is 2. The summed E-state index contributed by atoms with van der Waals surface area (Å²) in [7, 11) is 0. The summed E-state index contributed by atoms with van der Waals surface area (Å²) < 4.78 is 0. The van der Waals surface area contributed by atoms with Crippen LogP contribution in [0.2, 0.25) is 0 Å². The standard InChI is InChI=1S/C18H27N3O2/c1-4-21(17(23)11-15-9-6-10-19-15)12-16(22)20-18-13(2)7-5-8-14(18)3/h5,7-8,15,19H,4,6,9-12H2,1-3H3,(H,20,22). The van der Waals surface area contributed by atoms with Crippen LogP contribution in [0.4, 0.5) is 5.69 Å². The van der Waals surface area contributed by atoms with E-state index in [0.717, 1.165) is 36.2 Å². The third-order valence-electron chi connectivity index (χ3n) is 4.40. The van der Waals surface area contributed by atoms with Crippen LogP contribution in [0.1, 0.15) is 37.3 Å². The molecule has 1 saturated heterocycles. The summed E-state index contributed by atoms with van der Waals surface area (Å²) in [5.41, 5.74) is 2.91. The molecule has 2 rings (SSSR count). The van der Waals surface area contributed by atoms with Crippen LogP contribution in [-0.2, 0) is 9.59 Å². The van der Waals surface area contributed by atoms with Gasteiger partial charge in [-0.2, -0.15) is 0 Å². The van der Waals surface area contributed by atoms with E-state index in [4.69, 9.17) is 0 Å². The summed E-state index contributed by atoms with van der Waals surface area (Å²) in [5, 5.41) is 6.27. The zero-order valence-electron chi connectivity index (χ0n) is 14.3.